The number of benzene rings is 8. The molecule has 0 radical (unpaired) electrons. The standard InChI is InChI=1S/C29H26N6O4.C21H18BrN5O2.C20H16BrIN4O.C12H9BrClIN2O.C9H9N.C8H9NO2.CH2O3.2Cs.H/c1-17-14-25(33-39-17)29(3,37)11-10-19-8-9-24-20(15-19)28-32-26(27(30)36)23(34(28)12-13-38-24)16-35-18(2)31-21-6-4-5-7-22(21)35;1-12-24-15-4-2-3-5-16(15)27(12)11-17-19(20(23)28)25-21-14-10-13(22)6-7-18(14)29-9-8-26(17)21;1-12-23-15-4-2-3-5-16(15)26(12)11-17-19(22)24-20-14-10-13(21)6-7-18(14)27-9-8-25(17)20;13-7-1-2-10-8(5-7)12-16-11(15)9(6-14)17(12)3-4-18-10;1-7-6-8-4-2-3-5-9(8)10-7;1-4-8(3,10)7-5-6(2)11-9-7;2-1-4-3;;;/h4-9,14-15,37H,12-13,16H2,1-3H3,(H2,30,36);2-7,10H,8-9,11H2,1H3,(H2,23,28);2-7,10H,8-9,11H2,1H3;1-2,5H,3-4,6H2;2-5H,6H2,1H3;1,5,10H,2-3H3;1,3H;;;/q;;;;;;;2*+1;-1/p-1/t29-;;;;;8-;;;;/m1....1..../s1. The number of imidazole rings is 7. The number of hydrogen-bond donors (Lipinski definition) is 4. The van der Waals surface area contributed by atoms with E-state index in [1.54, 1.807) is 32.9 Å². The fourth-order valence-electron chi connectivity index (χ4n) is 16.4. The van der Waals surface area contributed by atoms with Gasteiger partial charge in [-0.2, -0.15) is 0 Å². The van der Waals surface area contributed by atoms with Gasteiger partial charge in [-0.15, -0.1) is 18.0 Å². The molecule has 5 aliphatic rings. The van der Waals surface area contributed by atoms with E-state index in [9.17, 15) is 19.8 Å². The van der Waals surface area contributed by atoms with Crippen LogP contribution < -0.4 is 173 Å². The van der Waals surface area contributed by atoms with Crippen molar-refractivity contribution in [3.8, 4) is 92.7 Å². The van der Waals surface area contributed by atoms with Crippen LogP contribution in [0.15, 0.2) is 209 Å². The Morgan fingerprint density at radius 1 is 0.514 bits per heavy atom. The van der Waals surface area contributed by atoms with Gasteiger partial charge in [-0.25, -0.2) is 34.9 Å². The van der Waals surface area contributed by atoms with E-state index < -0.39 is 23.0 Å². The van der Waals surface area contributed by atoms with Gasteiger partial charge in [0.05, 0.1) is 136 Å². The first-order valence-electron chi connectivity index (χ1n) is 43.2. The summed E-state index contributed by atoms with van der Waals surface area (Å²) in [5.41, 5.74) is 27.4. The number of carbonyl (C=O) groups is 3. The van der Waals surface area contributed by atoms with E-state index in [2.05, 4.69) is 225 Å². The van der Waals surface area contributed by atoms with Crippen LogP contribution in [0.5, 0.6) is 23.0 Å². The number of terminal acetylenes is 1. The number of carbonyl (C=O) groups excluding carboxylic acids is 3. The van der Waals surface area contributed by atoms with Crippen molar-refractivity contribution in [1.29, 1.82) is 0 Å². The number of nitrogens with zero attached hydrogens (tertiary/aromatic N) is 17. The molecule has 40 heteroatoms. The van der Waals surface area contributed by atoms with Gasteiger partial charge >= 0.3 is 138 Å². The number of aliphatic hydroxyl groups is 2. The minimum absolute atomic E-state index is 0. The molecule has 0 fully saturated rings. The fourth-order valence-corrected chi connectivity index (χ4v) is 19.4. The topological polar surface area (TPSA) is 402 Å². The first-order valence-corrected chi connectivity index (χ1v) is 48.3. The summed E-state index contributed by atoms with van der Waals surface area (Å²) >= 11 is 21.2. The number of aliphatic imine (C=N–C) groups is 1. The van der Waals surface area contributed by atoms with E-state index in [4.69, 9.17) is 82.5 Å². The monoisotopic (exact) mass is 2560 g/mol. The number of rotatable bonds is 12. The first kappa shape index (κ1) is 107. The van der Waals surface area contributed by atoms with E-state index >= 15 is 0 Å². The van der Waals surface area contributed by atoms with Gasteiger partial charge < -0.3 is 93.2 Å². The van der Waals surface area contributed by atoms with Crippen molar-refractivity contribution in [3.05, 3.63) is 288 Å². The molecule has 5 aliphatic heterocycles. The molecule has 0 aliphatic carbocycles. The number of halogens is 6. The number of fused-ring (bicyclic) bond motifs is 16. The molecule has 706 valence electrons. The summed E-state index contributed by atoms with van der Waals surface area (Å²) in [6, 6.07) is 58.9. The van der Waals surface area contributed by atoms with Gasteiger partial charge in [-0.3, -0.25) is 19.4 Å². The van der Waals surface area contributed by atoms with Crippen LogP contribution >= 0.6 is 105 Å². The van der Waals surface area contributed by atoms with Crippen molar-refractivity contribution >= 4 is 167 Å². The van der Waals surface area contributed by atoms with E-state index in [0.717, 1.165) is 160 Å². The second-order valence-electron chi connectivity index (χ2n) is 32.5. The molecule has 0 bridgehead atoms. The van der Waals surface area contributed by atoms with Crippen LogP contribution in [0.2, 0.25) is 0 Å². The SMILES string of the molecule is C#C[C@@](C)(O)c1cc(C)on1.CC1=Nc2ccccc2C1.Cc1cc([C@](C)(O)C#Cc2ccc3c(c2)-c2nc(C(N)=O)c(Cn4c(C)nc5ccccc54)n2CCO3)no1.Cc1nc2ccccc2n1Cc1c(C(N)=O)nc2n1CCOc1ccc(Br)cc1-2.Cc1nc2ccccc2n1Cc1c(I)nc2n1CCOc1ccc(Br)cc1-2.ClCc1c(I)nc2n1CCOc1ccc(Br)cc1-2.O=CO[O-].[Cs+].[Cs+].[H-]. The maximum atomic E-state index is 12.6. The Morgan fingerprint density at radius 2 is 0.871 bits per heavy atom. The Labute approximate surface area is 980 Å². The zero-order valence-electron chi connectivity index (χ0n) is 78.6. The first-order chi connectivity index (χ1) is 66.4. The number of aromatic nitrogens is 16. The van der Waals surface area contributed by atoms with Crippen molar-refractivity contribution in [2.75, 3.05) is 26.4 Å². The number of hydrogen-bond acceptors (Lipinski definition) is 23. The van der Waals surface area contributed by atoms with Gasteiger partial charge in [-0.05, 0) is 221 Å². The van der Waals surface area contributed by atoms with E-state index in [0.29, 0.717) is 116 Å². The molecule has 2 atom stereocenters. The molecule has 8 aromatic carbocycles. The Bertz CT molecular complexity index is 7690. The average molecular weight is 2560 g/mol. The molecule has 32 nitrogen and oxygen atoms in total. The van der Waals surface area contributed by atoms with Crippen LogP contribution in [-0.2, 0) is 79.0 Å². The summed E-state index contributed by atoms with van der Waals surface area (Å²) in [6.07, 6.45) is 6.10. The molecule has 140 heavy (non-hydrogen) atoms. The molecule has 14 heterocycles. The third-order valence-electron chi connectivity index (χ3n) is 23.1. The van der Waals surface area contributed by atoms with Gasteiger partial charge in [-0.1, -0.05) is 130 Å². The molecule has 17 aromatic rings. The minimum atomic E-state index is -1.50. The molecule has 0 saturated heterocycles. The van der Waals surface area contributed by atoms with Crippen LogP contribution in [-0.4, -0.2) is 138 Å². The normalized spacial score (nSPS) is 13.2. The predicted molar refractivity (Wildman–Crippen MR) is 547 cm³/mol. The molecule has 22 rings (SSSR count). The van der Waals surface area contributed by atoms with E-state index in [1.165, 1.54) is 23.9 Å². The number of para-hydroxylation sites is 7. The van der Waals surface area contributed by atoms with Gasteiger partial charge in [0.15, 0.2) is 22.6 Å². The third-order valence-corrected chi connectivity index (χ3v) is 26.5. The van der Waals surface area contributed by atoms with Gasteiger partial charge in [0, 0.05) is 43.2 Å². The molecular weight excluding hydrogens is 2470 g/mol. The molecule has 0 spiro atoms. The van der Waals surface area contributed by atoms with Gasteiger partial charge in [0.2, 0.25) is 0 Å². The average Bonchev–Trinajstić information content (AvgIpc) is 1.60. The van der Waals surface area contributed by atoms with Crippen LogP contribution in [0.25, 0.3) is 78.7 Å². The maximum absolute atomic E-state index is 12.6. The maximum Gasteiger partial charge on any atom is 1.00 e. The number of primary amides is 2. The Morgan fingerprint density at radius 3 is 1.26 bits per heavy atom. The van der Waals surface area contributed by atoms with Crippen molar-refractivity contribution in [2.45, 2.75) is 125 Å². The largest absolute Gasteiger partial charge is 1.00 e. The zero-order valence-corrected chi connectivity index (χ0v) is 100.0. The van der Waals surface area contributed by atoms with Crippen molar-refractivity contribution in [1.82, 2.24) is 77.2 Å². The summed E-state index contributed by atoms with van der Waals surface area (Å²) in [5.74, 6) is 17.6. The summed E-state index contributed by atoms with van der Waals surface area (Å²) in [5, 5.41) is 36.2. The van der Waals surface area contributed by atoms with Crippen molar-refractivity contribution < 1.29 is 202 Å². The molecular formula is C100H89Br3ClCs2I2N19O13. The van der Waals surface area contributed by atoms with Crippen LogP contribution in [0.1, 0.15) is 117 Å². The number of aryl methyl sites for hydroxylation is 5. The molecule has 0 unspecified atom stereocenters. The number of alkyl halides is 1. The Kier molecular flexibility index (Phi) is 36.0. The summed E-state index contributed by atoms with van der Waals surface area (Å²) < 4.78 is 53.3. The van der Waals surface area contributed by atoms with Crippen molar-refractivity contribution in [3.63, 3.8) is 0 Å². The second kappa shape index (κ2) is 47.2. The van der Waals surface area contributed by atoms with Gasteiger partial charge in [0.25, 0.3) is 18.3 Å². The molecule has 0 saturated carbocycles. The molecule has 9 aromatic heterocycles. The van der Waals surface area contributed by atoms with Crippen LogP contribution in [0.4, 0.5) is 5.69 Å². The number of ether oxygens (including phenoxy) is 4. The quantitative estimate of drug-likeness (QED) is 0.0220. The summed E-state index contributed by atoms with van der Waals surface area (Å²) in [7, 11) is 0. The summed E-state index contributed by atoms with van der Waals surface area (Å²) in [6.45, 7) is 20.7. The smallest absolute Gasteiger partial charge is 1.00 e. The van der Waals surface area contributed by atoms with Crippen LogP contribution in [0.3, 0.4) is 0 Å². The van der Waals surface area contributed by atoms with Gasteiger partial charge in [0.1, 0.15) is 121 Å². The Hall–Kier alpha value is -9.00. The second-order valence-corrected chi connectivity index (χ2v) is 37.6. The minimum Gasteiger partial charge on any atom is -1.00 e. The molecule has 6 N–H and O–H groups in total. The molecule has 2 amide bonds. The third kappa shape index (κ3) is 24.0. The predicted octanol–water partition coefficient (Wildman–Crippen LogP) is 11.6. The van der Waals surface area contributed by atoms with Crippen molar-refractivity contribution in [2.24, 2.45) is 16.5 Å². The van der Waals surface area contributed by atoms with Crippen LogP contribution in [0, 0.1) is 66.2 Å². The Balaban J connectivity index is 0.000000148. The zero-order chi connectivity index (χ0) is 97.5. The number of amides is 2. The van der Waals surface area contributed by atoms with E-state index in [-0.39, 0.29) is 157 Å². The van der Waals surface area contributed by atoms with E-state index in [1.807, 2.05) is 155 Å². The fraction of sp³-hybridized carbons (Fsp3) is 0.230. The summed E-state index contributed by atoms with van der Waals surface area (Å²) in [4.78, 5) is 73.3. The number of nitrogens with two attached hydrogens (primary N) is 2.